The van der Waals surface area contributed by atoms with Crippen molar-refractivity contribution < 1.29 is 4.74 Å². The zero-order valence-corrected chi connectivity index (χ0v) is 13.9. The smallest absolute Gasteiger partial charge is 0.216 e. The first-order valence-corrected chi connectivity index (χ1v) is 7.68. The van der Waals surface area contributed by atoms with Gasteiger partial charge in [0.15, 0.2) is 5.96 Å². The Morgan fingerprint density at radius 2 is 2.26 bits per heavy atom. The molecule has 2 aromatic rings. The fourth-order valence-corrected chi connectivity index (χ4v) is 2.39. The van der Waals surface area contributed by atoms with Gasteiger partial charge in [0.2, 0.25) is 5.88 Å². The molecule has 2 aromatic heterocycles. The van der Waals surface area contributed by atoms with Crippen LogP contribution in [0, 0.1) is 0 Å². The van der Waals surface area contributed by atoms with E-state index >= 15 is 0 Å². The van der Waals surface area contributed by atoms with Crippen molar-refractivity contribution in [3.05, 3.63) is 41.3 Å². The Kier molecular flexibility index (Phi) is 5.96. The van der Waals surface area contributed by atoms with Gasteiger partial charge in [-0.1, -0.05) is 13.0 Å². The molecule has 0 amide bonds. The highest BCUT2D eigenvalue weighted by atomic mass is 16.5. The Morgan fingerprint density at radius 1 is 1.43 bits per heavy atom. The van der Waals surface area contributed by atoms with Gasteiger partial charge in [-0.3, -0.25) is 4.98 Å². The summed E-state index contributed by atoms with van der Waals surface area (Å²) in [6.45, 7) is 3.20. The van der Waals surface area contributed by atoms with Gasteiger partial charge in [-0.05, 0) is 18.6 Å². The Bertz CT molecular complexity index is 650. The van der Waals surface area contributed by atoms with E-state index in [1.807, 2.05) is 25.2 Å². The molecule has 0 aliphatic heterocycles. The molecule has 0 aromatic carbocycles. The summed E-state index contributed by atoms with van der Waals surface area (Å²) in [5.41, 5.74) is 8.91. The second-order valence-corrected chi connectivity index (χ2v) is 5.11. The molecule has 0 aliphatic rings. The number of hydrogen-bond acceptors (Lipinski definition) is 4. The van der Waals surface area contributed by atoms with E-state index in [4.69, 9.17) is 10.5 Å². The molecule has 7 nitrogen and oxygen atoms in total. The van der Waals surface area contributed by atoms with Crippen molar-refractivity contribution in [1.82, 2.24) is 20.1 Å². The van der Waals surface area contributed by atoms with E-state index in [-0.39, 0.29) is 0 Å². The third-order valence-electron chi connectivity index (χ3n) is 3.52. The molecule has 23 heavy (non-hydrogen) atoms. The van der Waals surface area contributed by atoms with Crippen LogP contribution in [-0.2, 0) is 26.4 Å². The lowest BCUT2D eigenvalue weighted by Gasteiger charge is -2.06. The summed E-state index contributed by atoms with van der Waals surface area (Å²) in [5, 5.41) is 7.54. The fourth-order valence-electron chi connectivity index (χ4n) is 2.39. The summed E-state index contributed by atoms with van der Waals surface area (Å²) in [6, 6.07) is 5.86. The molecule has 124 valence electrons. The summed E-state index contributed by atoms with van der Waals surface area (Å²) in [4.78, 5) is 8.65. The van der Waals surface area contributed by atoms with Crippen LogP contribution in [0.1, 0.15) is 23.9 Å². The van der Waals surface area contributed by atoms with Crippen LogP contribution in [0.3, 0.4) is 0 Å². The minimum Gasteiger partial charge on any atom is -0.481 e. The van der Waals surface area contributed by atoms with E-state index in [0.29, 0.717) is 19.0 Å². The number of rotatable bonds is 7. The van der Waals surface area contributed by atoms with E-state index in [1.165, 1.54) is 0 Å². The van der Waals surface area contributed by atoms with Crippen LogP contribution in [0.5, 0.6) is 5.88 Å². The number of nitrogens with one attached hydrogen (secondary N) is 1. The van der Waals surface area contributed by atoms with Gasteiger partial charge in [0.25, 0.3) is 0 Å². The molecule has 7 heteroatoms. The molecule has 0 atom stereocenters. The summed E-state index contributed by atoms with van der Waals surface area (Å²) >= 11 is 0. The molecule has 2 heterocycles. The SMILES string of the molecule is CCc1nn(C)c(OC)c1CN=C(N)NCCc1ccccn1. The summed E-state index contributed by atoms with van der Waals surface area (Å²) < 4.78 is 7.12. The van der Waals surface area contributed by atoms with E-state index < -0.39 is 0 Å². The van der Waals surface area contributed by atoms with Gasteiger partial charge in [-0.15, -0.1) is 0 Å². The minimum absolute atomic E-state index is 0.411. The Balaban J connectivity index is 1.92. The summed E-state index contributed by atoms with van der Waals surface area (Å²) in [5.74, 6) is 1.14. The van der Waals surface area contributed by atoms with Crippen molar-refractivity contribution in [2.45, 2.75) is 26.3 Å². The summed E-state index contributed by atoms with van der Waals surface area (Å²) in [7, 11) is 3.50. The predicted octanol–water partition coefficient (Wildman–Crippen LogP) is 1.03. The molecule has 0 saturated heterocycles. The number of pyridine rings is 1. The van der Waals surface area contributed by atoms with Crippen molar-refractivity contribution >= 4 is 5.96 Å². The molecule has 2 rings (SSSR count). The molecule has 0 unspecified atom stereocenters. The molecular formula is C16H24N6O. The van der Waals surface area contributed by atoms with E-state index in [9.17, 15) is 0 Å². The maximum absolute atomic E-state index is 5.93. The van der Waals surface area contributed by atoms with Crippen LogP contribution in [-0.4, -0.2) is 34.4 Å². The van der Waals surface area contributed by atoms with Crippen LogP contribution < -0.4 is 15.8 Å². The van der Waals surface area contributed by atoms with Crippen molar-refractivity contribution in [3.8, 4) is 5.88 Å². The molecule has 0 bridgehead atoms. The predicted molar refractivity (Wildman–Crippen MR) is 90.4 cm³/mol. The number of aryl methyl sites for hydroxylation is 2. The average molecular weight is 316 g/mol. The Morgan fingerprint density at radius 3 is 2.91 bits per heavy atom. The Hall–Kier alpha value is -2.57. The highest BCUT2D eigenvalue weighted by Gasteiger charge is 2.15. The van der Waals surface area contributed by atoms with Gasteiger partial charge in [0.1, 0.15) is 0 Å². The van der Waals surface area contributed by atoms with Gasteiger partial charge < -0.3 is 15.8 Å². The lowest BCUT2D eigenvalue weighted by Crippen LogP contribution is -2.33. The number of aliphatic imine (C=N–C) groups is 1. The zero-order chi connectivity index (χ0) is 16.7. The molecular weight excluding hydrogens is 292 g/mol. The highest BCUT2D eigenvalue weighted by Crippen LogP contribution is 2.22. The zero-order valence-electron chi connectivity index (χ0n) is 13.9. The topological polar surface area (TPSA) is 90.3 Å². The van der Waals surface area contributed by atoms with Crippen LogP contribution in [0.2, 0.25) is 0 Å². The number of ether oxygens (including phenoxy) is 1. The van der Waals surface area contributed by atoms with E-state index in [1.54, 1.807) is 18.0 Å². The maximum Gasteiger partial charge on any atom is 0.216 e. The third kappa shape index (κ3) is 4.45. The van der Waals surface area contributed by atoms with Crippen molar-refractivity contribution in [3.63, 3.8) is 0 Å². The fraction of sp³-hybridized carbons (Fsp3) is 0.438. The van der Waals surface area contributed by atoms with Gasteiger partial charge in [-0.25, -0.2) is 9.67 Å². The molecule has 0 fully saturated rings. The van der Waals surface area contributed by atoms with Crippen molar-refractivity contribution in [2.24, 2.45) is 17.8 Å². The van der Waals surface area contributed by atoms with Crippen LogP contribution in [0.25, 0.3) is 0 Å². The minimum atomic E-state index is 0.411. The Labute approximate surface area is 136 Å². The van der Waals surface area contributed by atoms with Gasteiger partial charge in [0.05, 0.1) is 24.9 Å². The number of nitrogens with two attached hydrogens (primary N) is 1. The molecule has 0 radical (unpaired) electrons. The second-order valence-electron chi connectivity index (χ2n) is 5.11. The summed E-state index contributed by atoms with van der Waals surface area (Å²) in [6.07, 6.45) is 3.41. The third-order valence-corrected chi connectivity index (χ3v) is 3.52. The number of aromatic nitrogens is 3. The number of guanidine groups is 1. The van der Waals surface area contributed by atoms with Gasteiger partial charge >= 0.3 is 0 Å². The first kappa shape index (κ1) is 16.8. The normalized spacial score (nSPS) is 11.5. The number of nitrogens with zero attached hydrogens (tertiary/aromatic N) is 4. The molecule has 0 spiro atoms. The van der Waals surface area contributed by atoms with Crippen LogP contribution in [0.15, 0.2) is 29.4 Å². The molecule has 3 N–H and O–H groups in total. The first-order valence-electron chi connectivity index (χ1n) is 7.68. The number of hydrogen-bond donors (Lipinski definition) is 2. The van der Waals surface area contributed by atoms with Gasteiger partial charge in [-0.2, -0.15) is 5.10 Å². The van der Waals surface area contributed by atoms with E-state index in [2.05, 4.69) is 27.3 Å². The monoisotopic (exact) mass is 316 g/mol. The molecule has 0 aliphatic carbocycles. The highest BCUT2D eigenvalue weighted by molar-refractivity contribution is 5.77. The first-order chi connectivity index (χ1) is 11.2. The van der Waals surface area contributed by atoms with Crippen LogP contribution in [0.4, 0.5) is 0 Å². The lowest BCUT2D eigenvalue weighted by atomic mass is 10.2. The lowest BCUT2D eigenvalue weighted by molar-refractivity contribution is 0.369. The van der Waals surface area contributed by atoms with Crippen molar-refractivity contribution in [1.29, 1.82) is 0 Å². The maximum atomic E-state index is 5.93. The number of methoxy groups -OCH3 is 1. The quantitative estimate of drug-likeness (QED) is 0.588. The van der Waals surface area contributed by atoms with Crippen molar-refractivity contribution in [2.75, 3.05) is 13.7 Å². The second kappa shape index (κ2) is 8.17. The standard InChI is InChI=1S/C16H24N6O/c1-4-14-13(15(23-3)22(2)21-14)11-20-16(17)19-10-8-12-7-5-6-9-18-12/h5-7,9H,4,8,10-11H2,1-3H3,(H3,17,19,20). The largest absolute Gasteiger partial charge is 0.481 e. The van der Waals surface area contributed by atoms with Gasteiger partial charge in [0, 0.05) is 31.9 Å². The molecule has 0 saturated carbocycles. The van der Waals surface area contributed by atoms with Crippen LogP contribution >= 0.6 is 0 Å². The van der Waals surface area contributed by atoms with E-state index in [0.717, 1.165) is 35.7 Å². The average Bonchev–Trinajstić information content (AvgIpc) is 2.88.